The molecule has 0 saturated carbocycles. The van der Waals surface area contributed by atoms with Gasteiger partial charge in [-0.05, 0) is 44.1 Å². The summed E-state index contributed by atoms with van der Waals surface area (Å²) < 4.78 is 7.11. The Kier molecular flexibility index (Phi) is 8.97. The molecule has 1 N–H and O–H groups in total. The topological polar surface area (TPSA) is 92.6 Å². The average Bonchev–Trinajstić information content (AvgIpc) is 2.89. The van der Waals surface area contributed by atoms with Gasteiger partial charge in [-0.1, -0.05) is 11.6 Å². The summed E-state index contributed by atoms with van der Waals surface area (Å²) >= 11 is 7.97. The number of ether oxygens (including phenoxy) is 1. The van der Waals surface area contributed by atoms with Crippen LogP contribution in [0.25, 0.3) is 11.0 Å². The van der Waals surface area contributed by atoms with Gasteiger partial charge < -0.3 is 19.5 Å². The van der Waals surface area contributed by atoms with E-state index >= 15 is 0 Å². The first kappa shape index (κ1) is 27.7. The third-order valence-corrected chi connectivity index (χ3v) is 8.21. The van der Waals surface area contributed by atoms with E-state index in [4.69, 9.17) is 16.3 Å². The molecule has 0 atom stereocenters. The Morgan fingerprint density at radius 1 is 1.19 bits per heavy atom. The molecule has 4 heterocycles. The minimum Gasteiger partial charge on any atom is -0.497 e. The number of nitrogens with one attached hydrogen (secondary N) is 1. The molecule has 0 aliphatic carbocycles. The van der Waals surface area contributed by atoms with Crippen LogP contribution in [-0.2, 0) is 17.9 Å². The summed E-state index contributed by atoms with van der Waals surface area (Å²) in [4.78, 5) is 38.4. The van der Waals surface area contributed by atoms with E-state index < -0.39 is 0 Å². The number of fused-ring (bicyclic) bond motifs is 2. The molecule has 1 fully saturated rings. The lowest BCUT2D eigenvalue weighted by Gasteiger charge is -2.32. The maximum Gasteiger partial charge on any atom is 0.269 e. The second-order valence-electron chi connectivity index (χ2n) is 9.08. The first-order valence-electron chi connectivity index (χ1n) is 12.0. The van der Waals surface area contributed by atoms with Crippen LogP contribution in [-0.4, -0.2) is 70.9 Å². The number of amides is 1. The van der Waals surface area contributed by atoms with Gasteiger partial charge >= 0.3 is 0 Å². The maximum atomic E-state index is 12.5. The van der Waals surface area contributed by atoms with Crippen LogP contribution in [0.4, 0.5) is 5.82 Å². The molecule has 1 amide bonds. The van der Waals surface area contributed by atoms with Crippen molar-refractivity contribution >= 4 is 58.5 Å². The van der Waals surface area contributed by atoms with E-state index in [0.717, 1.165) is 54.1 Å². The number of nitrogens with zero attached hydrogens (tertiary/aromatic N) is 5. The van der Waals surface area contributed by atoms with Gasteiger partial charge in [-0.25, -0.2) is 9.97 Å². The number of thioether (sulfide) groups is 1. The molecule has 37 heavy (non-hydrogen) atoms. The van der Waals surface area contributed by atoms with Crippen LogP contribution in [0.3, 0.4) is 0 Å². The van der Waals surface area contributed by atoms with Crippen molar-refractivity contribution in [1.29, 1.82) is 0 Å². The van der Waals surface area contributed by atoms with Gasteiger partial charge in [0.05, 0.1) is 45.7 Å². The van der Waals surface area contributed by atoms with Gasteiger partial charge in [-0.15, -0.1) is 24.2 Å². The molecular formula is C25H30Cl2N6O3S. The lowest BCUT2D eigenvalue weighted by Crippen LogP contribution is -2.43. The van der Waals surface area contributed by atoms with Crippen LogP contribution in [0.1, 0.15) is 18.5 Å². The quantitative estimate of drug-likeness (QED) is 0.467. The summed E-state index contributed by atoms with van der Waals surface area (Å²) in [6, 6.07) is 7.87. The van der Waals surface area contributed by atoms with E-state index in [2.05, 4.69) is 20.2 Å². The van der Waals surface area contributed by atoms with E-state index in [9.17, 15) is 9.59 Å². The summed E-state index contributed by atoms with van der Waals surface area (Å²) in [5.41, 5.74) is 2.23. The van der Waals surface area contributed by atoms with E-state index in [-0.39, 0.29) is 23.9 Å². The third-order valence-electron chi connectivity index (χ3n) is 6.88. The monoisotopic (exact) mass is 564 g/mol. The van der Waals surface area contributed by atoms with E-state index in [1.54, 1.807) is 23.6 Å². The van der Waals surface area contributed by atoms with Gasteiger partial charge in [0.15, 0.2) is 0 Å². The van der Waals surface area contributed by atoms with Crippen LogP contribution < -0.4 is 20.5 Å². The number of carbonyl (C=O) groups excluding carboxylic acids is 1. The Morgan fingerprint density at radius 2 is 1.97 bits per heavy atom. The van der Waals surface area contributed by atoms with E-state index in [1.807, 2.05) is 24.3 Å². The Balaban J connectivity index is 0.00000320. The first-order chi connectivity index (χ1) is 17.4. The molecule has 2 aliphatic rings. The van der Waals surface area contributed by atoms with Crippen molar-refractivity contribution in [3.8, 4) is 5.75 Å². The van der Waals surface area contributed by atoms with Crippen molar-refractivity contribution in [3.63, 3.8) is 0 Å². The van der Waals surface area contributed by atoms with Crippen molar-refractivity contribution in [1.82, 2.24) is 24.8 Å². The Hall–Kier alpha value is -2.37. The van der Waals surface area contributed by atoms with Crippen LogP contribution in [0, 0.1) is 0 Å². The molecular weight excluding hydrogens is 535 g/mol. The highest BCUT2D eigenvalue weighted by Crippen LogP contribution is 2.36. The molecule has 2 aromatic heterocycles. The fourth-order valence-electron chi connectivity index (χ4n) is 4.67. The fraction of sp³-hybridized carbons (Fsp3) is 0.440. The number of methoxy groups -OCH3 is 1. The molecule has 1 aromatic carbocycles. The van der Waals surface area contributed by atoms with Gasteiger partial charge in [0, 0.05) is 38.8 Å². The SMILES string of the molecule is COc1ccc2ncc(=O)n(CCN3CCC(NCc4nc5c(cc4Cl)SCC(=O)N5C)CC3)c2c1.Cl. The van der Waals surface area contributed by atoms with E-state index in [0.29, 0.717) is 41.5 Å². The molecule has 9 nitrogen and oxygen atoms in total. The largest absolute Gasteiger partial charge is 0.497 e. The highest BCUT2D eigenvalue weighted by atomic mass is 35.5. The predicted octanol–water partition coefficient (Wildman–Crippen LogP) is 3.20. The number of benzene rings is 1. The maximum absolute atomic E-state index is 12.5. The highest BCUT2D eigenvalue weighted by molar-refractivity contribution is 8.00. The van der Waals surface area contributed by atoms with Crippen molar-refractivity contribution in [2.75, 3.05) is 44.4 Å². The molecule has 0 bridgehead atoms. The van der Waals surface area contributed by atoms with Crippen LogP contribution in [0.5, 0.6) is 5.75 Å². The third kappa shape index (κ3) is 6.04. The number of likely N-dealkylation sites (tertiary alicyclic amines) is 1. The highest BCUT2D eigenvalue weighted by Gasteiger charge is 2.25. The zero-order valence-electron chi connectivity index (χ0n) is 20.8. The minimum atomic E-state index is -0.104. The number of carbonyl (C=O) groups is 1. The van der Waals surface area contributed by atoms with Gasteiger partial charge in [0.25, 0.3) is 5.56 Å². The minimum absolute atomic E-state index is 0. The zero-order chi connectivity index (χ0) is 25.2. The molecule has 3 aromatic rings. The summed E-state index contributed by atoms with van der Waals surface area (Å²) in [7, 11) is 3.38. The van der Waals surface area contributed by atoms with Gasteiger partial charge in [0.1, 0.15) is 11.6 Å². The Bertz CT molecular complexity index is 1350. The van der Waals surface area contributed by atoms with Gasteiger partial charge in [-0.3, -0.25) is 14.5 Å². The molecule has 1 saturated heterocycles. The number of halogens is 2. The first-order valence-corrected chi connectivity index (χ1v) is 13.4. The number of rotatable bonds is 7. The molecule has 198 valence electrons. The predicted molar refractivity (Wildman–Crippen MR) is 149 cm³/mol. The standard InChI is InChI=1S/C25H29ClN6O3S.ClH/c1-30-24(34)15-36-22-12-18(26)20(29-25(22)30)13-27-16-5-7-31(8-6-16)9-10-32-21-11-17(35-2)3-4-19(21)28-14-23(32)33;/h3-4,11-12,14,16,27H,5-10,13,15H2,1-2H3;1H. The van der Waals surface area contributed by atoms with E-state index in [1.165, 1.54) is 18.0 Å². The van der Waals surface area contributed by atoms with Crippen LogP contribution in [0.2, 0.25) is 5.02 Å². The van der Waals surface area contributed by atoms with Crippen molar-refractivity contribution in [2.45, 2.75) is 36.9 Å². The fourth-order valence-corrected chi connectivity index (χ4v) is 5.94. The van der Waals surface area contributed by atoms with Crippen LogP contribution in [0.15, 0.2) is 40.2 Å². The summed E-state index contributed by atoms with van der Waals surface area (Å²) in [5, 5.41) is 4.22. The lowest BCUT2D eigenvalue weighted by atomic mass is 10.0. The Labute approximate surface area is 230 Å². The van der Waals surface area contributed by atoms with Gasteiger partial charge in [-0.2, -0.15) is 0 Å². The zero-order valence-corrected chi connectivity index (χ0v) is 23.2. The van der Waals surface area contributed by atoms with Crippen molar-refractivity contribution in [3.05, 3.63) is 51.5 Å². The number of pyridine rings is 1. The molecule has 5 rings (SSSR count). The van der Waals surface area contributed by atoms with Gasteiger partial charge in [0.2, 0.25) is 5.91 Å². The normalized spacial score (nSPS) is 16.5. The summed E-state index contributed by atoms with van der Waals surface area (Å²) in [5.74, 6) is 1.86. The van der Waals surface area contributed by atoms with Crippen molar-refractivity contribution in [2.24, 2.45) is 0 Å². The number of piperidine rings is 1. The molecule has 2 aliphatic heterocycles. The second-order valence-corrected chi connectivity index (χ2v) is 10.5. The smallest absolute Gasteiger partial charge is 0.269 e. The molecule has 0 spiro atoms. The summed E-state index contributed by atoms with van der Waals surface area (Å²) in [6.45, 7) is 3.83. The van der Waals surface area contributed by atoms with Crippen molar-refractivity contribution < 1.29 is 9.53 Å². The Morgan fingerprint density at radius 3 is 2.73 bits per heavy atom. The second kappa shape index (κ2) is 12.0. The molecule has 12 heteroatoms. The number of anilines is 1. The number of aromatic nitrogens is 3. The molecule has 0 radical (unpaired) electrons. The number of hydrogen-bond donors (Lipinski definition) is 1. The number of hydrogen-bond acceptors (Lipinski definition) is 8. The van der Waals surface area contributed by atoms with Crippen LogP contribution >= 0.6 is 35.8 Å². The molecule has 0 unspecified atom stereocenters. The summed E-state index contributed by atoms with van der Waals surface area (Å²) in [6.07, 6.45) is 3.38. The average molecular weight is 566 g/mol. The lowest BCUT2D eigenvalue weighted by molar-refractivity contribution is -0.116.